The third-order valence-corrected chi connectivity index (χ3v) is 13.4. The standard InChI is InChI=1S/C54H34N2OS/c1-54(37-19-9-4-10-20-37)43-24-12-11-21-39(43)48-38(22-13-25-44(48)54)36-27-29-45-41(32-36)49-40(23-14-26-46(49)57-45)50-52-51(56-53(55-50)34-17-7-3-8-18-34)42-31-35(28-30-47(42)58-52)33-15-5-2-6-16-33/h2-32H,1H3. The van der Waals surface area contributed by atoms with Crippen LogP contribution in [0.5, 0.6) is 0 Å². The minimum absolute atomic E-state index is 0.274. The highest BCUT2D eigenvalue weighted by atomic mass is 32.1. The van der Waals surface area contributed by atoms with Gasteiger partial charge in [0.15, 0.2) is 5.82 Å². The summed E-state index contributed by atoms with van der Waals surface area (Å²) in [5, 5.41) is 3.26. The van der Waals surface area contributed by atoms with E-state index in [9.17, 15) is 0 Å². The fourth-order valence-electron chi connectivity index (χ4n) is 9.41. The van der Waals surface area contributed by atoms with E-state index in [-0.39, 0.29) is 5.41 Å². The molecule has 12 rings (SSSR count). The molecular weight excluding hydrogens is 725 g/mol. The van der Waals surface area contributed by atoms with Gasteiger partial charge in [0.25, 0.3) is 0 Å². The summed E-state index contributed by atoms with van der Waals surface area (Å²) in [6.07, 6.45) is 0. The van der Waals surface area contributed by atoms with Crippen LogP contribution in [0.2, 0.25) is 0 Å². The van der Waals surface area contributed by atoms with Crippen molar-refractivity contribution in [2.75, 3.05) is 0 Å². The van der Waals surface area contributed by atoms with Crippen LogP contribution in [0.1, 0.15) is 23.6 Å². The van der Waals surface area contributed by atoms with E-state index in [1.807, 2.05) is 6.07 Å². The lowest BCUT2D eigenvalue weighted by Crippen LogP contribution is -2.22. The fourth-order valence-corrected chi connectivity index (χ4v) is 10.5. The Hall–Kier alpha value is -7.14. The molecule has 0 N–H and O–H groups in total. The predicted molar refractivity (Wildman–Crippen MR) is 241 cm³/mol. The van der Waals surface area contributed by atoms with Crippen LogP contribution in [0.3, 0.4) is 0 Å². The molecule has 0 amide bonds. The van der Waals surface area contributed by atoms with Crippen LogP contribution >= 0.6 is 11.3 Å². The SMILES string of the molecule is CC1(c2ccccc2)c2ccccc2-c2c(-c3ccc4oc5cccc(-c6nc(-c7ccccc7)nc7c6sc6ccc(-c8ccccc8)cc67)c5c4c3)cccc21. The van der Waals surface area contributed by atoms with Gasteiger partial charge in [-0.05, 0) is 87.3 Å². The molecule has 1 aliphatic rings. The van der Waals surface area contributed by atoms with Crippen LogP contribution in [0.15, 0.2) is 192 Å². The minimum Gasteiger partial charge on any atom is -0.456 e. The molecule has 1 aliphatic carbocycles. The van der Waals surface area contributed by atoms with E-state index >= 15 is 0 Å². The third-order valence-electron chi connectivity index (χ3n) is 12.2. The molecule has 3 heterocycles. The molecule has 4 heteroatoms. The van der Waals surface area contributed by atoms with Crippen molar-refractivity contribution in [3.8, 4) is 56.0 Å². The van der Waals surface area contributed by atoms with Gasteiger partial charge in [-0.1, -0.05) is 158 Å². The molecule has 0 aliphatic heterocycles. The van der Waals surface area contributed by atoms with E-state index < -0.39 is 0 Å². The quantitative estimate of drug-likeness (QED) is 0.175. The molecule has 0 spiro atoms. The first kappa shape index (κ1) is 33.0. The summed E-state index contributed by atoms with van der Waals surface area (Å²) < 4.78 is 8.90. The monoisotopic (exact) mass is 758 g/mol. The molecule has 1 atom stereocenters. The summed E-state index contributed by atoms with van der Waals surface area (Å²) >= 11 is 1.76. The number of hydrogen-bond donors (Lipinski definition) is 0. The third kappa shape index (κ3) is 4.85. The first-order chi connectivity index (χ1) is 28.6. The van der Waals surface area contributed by atoms with Gasteiger partial charge in [0.05, 0.1) is 15.9 Å². The molecular formula is C54H34N2OS. The van der Waals surface area contributed by atoms with Crippen molar-refractivity contribution in [3.63, 3.8) is 0 Å². The zero-order valence-corrected chi connectivity index (χ0v) is 32.4. The molecule has 8 aromatic carbocycles. The number of rotatable bonds is 5. The van der Waals surface area contributed by atoms with Gasteiger partial charge in [-0.3, -0.25) is 0 Å². The van der Waals surface area contributed by atoms with Crippen LogP contribution < -0.4 is 0 Å². The molecule has 0 bridgehead atoms. The van der Waals surface area contributed by atoms with Crippen molar-refractivity contribution in [3.05, 3.63) is 205 Å². The van der Waals surface area contributed by atoms with Gasteiger partial charge in [0.2, 0.25) is 0 Å². The van der Waals surface area contributed by atoms with Crippen molar-refractivity contribution < 1.29 is 4.42 Å². The van der Waals surface area contributed by atoms with Crippen LogP contribution in [0.25, 0.3) is 98.3 Å². The number of aromatic nitrogens is 2. The molecule has 0 saturated carbocycles. The Kier molecular flexibility index (Phi) is 7.23. The number of hydrogen-bond acceptors (Lipinski definition) is 4. The van der Waals surface area contributed by atoms with Crippen molar-refractivity contribution in [1.82, 2.24) is 9.97 Å². The molecule has 272 valence electrons. The Labute approximate surface area is 339 Å². The Morgan fingerprint density at radius 3 is 1.97 bits per heavy atom. The molecule has 1 unspecified atom stereocenters. The van der Waals surface area contributed by atoms with Gasteiger partial charge in [0, 0.05) is 37.4 Å². The highest BCUT2D eigenvalue weighted by molar-refractivity contribution is 7.26. The average Bonchev–Trinajstić information content (AvgIpc) is 3.95. The van der Waals surface area contributed by atoms with Gasteiger partial charge in [0.1, 0.15) is 11.2 Å². The van der Waals surface area contributed by atoms with E-state index in [0.29, 0.717) is 5.82 Å². The number of benzene rings is 8. The summed E-state index contributed by atoms with van der Waals surface area (Å²) in [6, 6.07) is 67.3. The summed E-state index contributed by atoms with van der Waals surface area (Å²) in [6.45, 7) is 2.37. The fraction of sp³-hybridized carbons (Fsp3) is 0.0370. The molecule has 3 aromatic heterocycles. The lowest BCUT2D eigenvalue weighted by molar-refractivity contribution is 0.669. The van der Waals surface area contributed by atoms with Crippen LogP contribution in [-0.4, -0.2) is 9.97 Å². The maximum atomic E-state index is 6.66. The largest absolute Gasteiger partial charge is 0.456 e. The first-order valence-corrected chi connectivity index (χ1v) is 20.6. The van der Waals surface area contributed by atoms with E-state index in [1.165, 1.54) is 49.2 Å². The normalized spacial score (nSPS) is 14.7. The van der Waals surface area contributed by atoms with Crippen molar-refractivity contribution in [1.29, 1.82) is 0 Å². The van der Waals surface area contributed by atoms with Crippen LogP contribution in [0, 0.1) is 0 Å². The second-order valence-electron chi connectivity index (χ2n) is 15.4. The Morgan fingerprint density at radius 2 is 1.14 bits per heavy atom. The maximum absolute atomic E-state index is 6.66. The number of thiophene rings is 1. The molecule has 3 nitrogen and oxygen atoms in total. The minimum atomic E-state index is -0.274. The predicted octanol–water partition coefficient (Wildman–Crippen LogP) is 14.7. The van der Waals surface area contributed by atoms with Gasteiger partial charge in [-0.2, -0.15) is 0 Å². The number of fused-ring (bicyclic) bond motifs is 9. The Bertz CT molecular complexity index is 3400. The maximum Gasteiger partial charge on any atom is 0.160 e. The molecule has 0 saturated heterocycles. The lowest BCUT2D eigenvalue weighted by atomic mass is 9.74. The topological polar surface area (TPSA) is 38.9 Å². The van der Waals surface area contributed by atoms with Gasteiger partial charge >= 0.3 is 0 Å². The summed E-state index contributed by atoms with van der Waals surface area (Å²) in [5.74, 6) is 0.707. The van der Waals surface area contributed by atoms with Crippen molar-refractivity contribution >= 4 is 53.6 Å². The summed E-state index contributed by atoms with van der Waals surface area (Å²) in [7, 11) is 0. The van der Waals surface area contributed by atoms with Crippen LogP contribution in [0.4, 0.5) is 0 Å². The van der Waals surface area contributed by atoms with E-state index in [4.69, 9.17) is 14.4 Å². The average molecular weight is 759 g/mol. The zero-order chi connectivity index (χ0) is 38.4. The highest BCUT2D eigenvalue weighted by Crippen LogP contribution is 2.55. The Balaban J connectivity index is 1.10. The molecule has 0 radical (unpaired) electrons. The number of nitrogens with zero attached hydrogens (tertiary/aromatic N) is 2. The van der Waals surface area contributed by atoms with E-state index in [2.05, 4.69) is 189 Å². The van der Waals surface area contributed by atoms with Gasteiger partial charge < -0.3 is 4.42 Å². The van der Waals surface area contributed by atoms with Crippen LogP contribution in [-0.2, 0) is 5.41 Å². The smallest absolute Gasteiger partial charge is 0.160 e. The molecule has 58 heavy (non-hydrogen) atoms. The number of furan rings is 1. The zero-order valence-electron chi connectivity index (χ0n) is 31.6. The second kappa shape index (κ2) is 12.7. The second-order valence-corrected chi connectivity index (χ2v) is 16.4. The van der Waals surface area contributed by atoms with Gasteiger partial charge in [-0.15, -0.1) is 11.3 Å². The molecule has 0 fully saturated rings. The van der Waals surface area contributed by atoms with E-state index in [1.54, 1.807) is 11.3 Å². The Morgan fingerprint density at radius 1 is 0.483 bits per heavy atom. The van der Waals surface area contributed by atoms with E-state index in [0.717, 1.165) is 59.9 Å². The summed E-state index contributed by atoms with van der Waals surface area (Å²) in [4.78, 5) is 10.7. The van der Waals surface area contributed by atoms with Gasteiger partial charge in [-0.25, -0.2) is 9.97 Å². The first-order valence-electron chi connectivity index (χ1n) is 19.7. The summed E-state index contributed by atoms with van der Waals surface area (Å²) in [5.41, 5.74) is 16.6. The van der Waals surface area contributed by atoms with Crippen molar-refractivity contribution in [2.45, 2.75) is 12.3 Å². The van der Waals surface area contributed by atoms with Crippen molar-refractivity contribution in [2.24, 2.45) is 0 Å². The molecule has 11 aromatic rings. The lowest BCUT2D eigenvalue weighted by Gasteiger charge is -2.28. The highest BCUT2D eigenvalue weighted by Gasteiger charge is 2.41.